The van der Waals surface area contributed by atoms with Gasteiger partial charge in [-0.3, -0.25) is 4.98 Å². The molecule has 2 heterocycles. The summed E-state index contributed by atoms with van der Waals surface area (Å²) in [7, 11) is 3.20. The van der Waals surface area contributed by atoms with E-state index in [0.717, 1.165) is 40.0 Å². The molecule has 9 nitrogen and oxygen atoms in total. The number of methoxy groups -OCH3 is 2. The number of aromatic nitrogens is 1. The SMILES string of the molecule is CCc1c(OCOC)cc(OCOC)c(-c2cccc(OCc3cccnc3)c2)c1CCOCC1COC(C)(C)O1. The van der Waals surface area contributed by atoms with Gasteiger partial charge in [0.1, 0.15) is 30.0 Å². The van der Waals surface area contributed by atoms with Gasteiger partial charge in [-0.05, 0) is 61.6 Å². The van der Waals surface area contributed by atoms with Gasteiger partial charge in [-0.1, -0.05) is 25.1 Å². The Labute approximate surface area is 242 Å². The maximum atomic E-state index is 6.12. The molecule has 222 valence electrons. The first-order valence-corrected chi connectivity index (χ1v) is 13.9. The number of hydrogen-bond donors (Lipinski definition) is 0. The fraction of sp³-hybridized carbons (Fsp3) is 0.469. The van der Waals surface area contributed by atoms with Crippen molar-refractivity contribution in [3.63, 3.8) is 0 Å². The molecular weight excluding hydrogens is 526 g/mol. The van der Waals surface area contributed by atoms with Gasteiger partial charge in [0.2, 0.25) is 0 Å². The van der Waals surface area contributed by atoms with Crippen LogP contribution in [0.1, 0.15) is 37.5 Å². The summed E-state index contributed by atoms with van der Waals surface area (Å²) in [5.41, 5.74) is 5.03. The van der Waals surface area contributed by atoms with Crippen molar-refractivity contribution < 1.29 is 37.9 Å². The average molecular weight is 568 g/mol. The van der Waals surface area contributed by atoms with E-state index < -0.39 is 5.79 Å². The third-order valence-electron chi connectivity index (χ3n) is 6.61. The topological polar surface area (TPSA) is 86.7 Å². The summed E-state index contributed by atoms with van der Waals surface area (Å²) in [5, 5.41) is 0. The highest BCUT2D eigenvalue weighted by atomic mass is 16.7. The predicted molar refractivity (Wildman–Crippen MR) is 154 cm³/mol. The van der Waals surface area contributed by atoms with Crippen LogP contribution < -0.4 is 14.2 Å². The van der Waals surface area contributed by atoms with Crippen LogP contribution in [0.3, 0.4) is 0 Å². The Morgan fingerprint density at radius 1 is 0.951 bits per heavy atom. The molecule has 0 bridgehead atoms. The van der Waals surface area contributed by atoms with E-state index in [1.165, 1.54) is 0 Å². The Kier molecular flexibility index (Phi) is 11.4. The molecule has 1 aromatic heterocycles. The Bertz CT molecular complexity index is 1230. The van der Waals surface area contributed by atoms with Crippen LogP contribution in [0.5, 0.6) is 17.2 Å². The van der Waals surface area contributed by atoms with Crippen LogP contribution >= 0.6 is 0 Å². The van der Waals surface area contributed by atoms with Gasteiger partial charge in [0, 0.05) is 43.8 Å². The van der Waals surface area contributed by atoms with Gasteiger partial charge in [-0.25, -0.2) is 0 Å². The van der Waals surface area contributed by atoms with Crippen LogP contribution in [0.4, 0.5) is 0 Å². The molecule has 1 atom stereocenters. The summed E-state index contributed by atoms with van der Waals surface area (Å²) in [5.74, 6) is 1.51. The number of nitrogens with zero attached hydrogens (tertiary/aromatic N) is 1. The molecule has 1 aliphatic heterocycles. The molecule has 0 amide bonds. The quantitative estimate of drug-likeness (QED) is 0.163. The third kappa shape index (κ3) is 8.64. The summed E-state index contributed by atoms with van der Waals surface area (Å²) >= 11 is 0. The molecule has 1 fully saturated rings. The van der Waals surface area contributed by atoms with E-state index in [4.69, 9.17) is 37.9 Å². The normalized spacial score (nSPS) is 16.1. The lowest BCUT2D eigenvalue weighted by Gasteiger charge is -2.23. The molecule has 1 aliphatic rings. The molecule has 3 aromatic rings. The molecule has 0 aliphatic carbocycles. The predicted octanol–water partition coefficient (Wildman–Crippen LogP) is 5.57. The zero-order valence-electron chi connectivity index (χ0n) is 24.6. The summed E-state index contributed by atoms with van der Waals surface area (Å²) < 4.78 is 46.4. The number of benzene rings is 2. The maximum Gasteiger partial charge on any atom is 0.188 e. The second-order valence-electron chi connectivity index (χ2n) is 10.1. The number of ether oxygens (including phenoxy) is 8. The Morgan fingerprint density at radius 3 is 2.44 bits per heavy atom. The average Bonchev–Trinajstić information content (AvgIpc) is 3.34. The number of pyridine rings is 1. The monoisotopic (exact) mass is 567 g/mol. The van der Waals surface area contributed by atoms with Crippen molar-refractivity contribution in [3.8, 4) is 28.4 Å². The van der Waals surface area contributed by atoms with Crippen LogP contribution in [0, 0.1) is 0 Å². The highest BCUT2D eigenvalue weighted by Gasteiger charge is 2.32. The fourth-order valence-electron chi connectivity index (χ4n) is 4.82. The van der Waals surface area contributed by atoms with Crippen molar-refractivity contribution in [2.75, 3.05) is 47.6 Å². The second kappa shape index (κ2) is 15.1. The van der Waals surface area contributed by atoms with Crippen LogP contribution in [0.15, 0.2) is 54.9 Å². The van der Waals surface area contributed by atoms with Gasteiger partial charge < -0.3 is 37.9 Å². The molecule has 41 heavy (non-hydrogen) atoms. The van der Waals surface area contributed by atoms with Gasteiger partial charge in [-0.15, -0.1) is 0 Å². The van der Waals surface area contributed by atoms with Crippen molar-refractivity contribution in [3.05, 3.63) is 71.5 Å². The van der Waals surface area contributed by atoms with Gasteiger partial charge in [-0.2, -0.15) is 0 Å². The molecular formula is C32H41NO8. The van der Waals surface area contributed by atoms with E-state index in [1.54, 1.807) is 26.6 Å². The molecule has 2 aromatic carbocycles. The van der Waals surface area contributed by atoms with Gasteiger partial charge in [0.05, 0.1) is 19.8 Å². The summed E-state index contributed by atoms with van der Waals surface area (Å²) in [4.78, 5) is 4.17. The van der Waals surface area contributed by atoms with Gasteiger partial charge in [0.25, 0.3) is 0 Å². The minimum Gasteiger partial charge on any atom is -0.489 e. The smallest absolute Gasteiger partial charge is 0.188 e. The molecule has 1 saturated heterocycles. The largest absolute Gasteiger partial charge is 0.489 e. The minimum absolute atomic E-state index is 0.0874. The standard InChI is InChI=1S/C32H41NO8/c1-6-27-28(12-14-36-19-26-20-40-32(2,3)41-26)31(30(39-22-35-5)16-29(27)38-21-34-4)24-10-7-11-25(15-24)37-18-23-9-8-13-33-17-23/h7-11,13,15-17,26H,6,12,14,18-22H2,1-5H3. The molecule has 0 spiro atoms. The molecule has 9 heteroatoms. The summed E-state index contributed by atoms with van der Waals surface area (Å²) in [6.45, 7) is 8.00. The highest BCUT2D eigenvalue weighted by Crippen LogP contribution is 2.42. The van der Waals surface area contributed by atoms with E-state index in [-0.39, 0.29) is 19.7 Å². The van der Waals surface area contributed by atoms with Crippen molar-refractivity contribution in [1.29, 1.82) is 0 Å². The Balaban J connectivity index is 1.65. The van der Waals surface area contributed by atoms with Crippen molar-refractivity contribution >= 4 is 0 Å². The van der Waals surface area contributed by atoms with Gasteiger partial charge in [0.15, 0.2) is 19.4 Å². The molecule has 1 unspecified atom stereocenters. The highest BCUT2D eigenvalue weighted by molar-refractivity contribution is 5.78. The van der Waals surface area contributed by atoms with Crippen LogP contribution in [-0.2, 0) is 43.1 Å². The summed E-state index contributed by atoms with van der Waals surface area (Å²) in [6.07, 6.45) is 4.83. The number of rotatable bonds is 16. The zero-order chi connectivity index (χ0) is 29.1. The lowest BCUT2D eigenvalue weighted by Crippen LogP contribution is -2.24. The van der Waals surface area contributed by atoms with Crippen molar-refractivity contribution in [1.82, 2.24) is 4.98 Å². The van der Waals surface area contributed by atoms with E-state index in [2.05, 4.69) is 18.0 Å². The minimum atomic E-state index is -0.582. The van der Waals surface area contributed by atoms with Crippen LogP contribution in [0.25, 0.3) is 11.1 Å². The first-order chi connectivity index (χ1) is 19.9. The lowest BCUT2D eigenvalue weighted by atomic mass is 9.90. The molecule has 0 N–H and O–H groups in total. The second-order valence-corrected chi connectivity index (χ2v) is 10.1. The molecule has 0 radical (unpaired) electrons. The zero-order valence-corrected chi connectivity index (χ0v) is 24.6. The Morgan fingerprint density at radius 2 is 1.76 bits per heavy atom. The third-order valence-corrected chi connectivity index (χ3v) is 6.61. The van der Waals surface area contributed by atoms with E-state index in [9.17, 15) is 0 Å². The lowest BCUT2D eigenvalue weighted by molar-refractivity contribution is -0.144. The van der Waals surface area contributed by atoms with Crippen LogP contribution in [0.2, 0.25) is 0 Å². The fourth-order valence-corrected chi connectivity index (χ4v) is 4.82. The maximum absolute atomic E-state index is 6.12. The summed E-state index contributed by atoms with van der Waals surface area (Å²) in [6, 6.07) is 13.8. The van der Waals surface area contributed by atoms with Gasteiger partial charge >= 0.3 is 0 Å². The molecule has 4 rings (SSSR count). The first-order valence-electron chi connectivity index (χ1n) is 13.9. The molecule has 0 saturated carbocycles. The van der Waals surface area contributed by atoms with E-state index in [1.807, 2.05) is 50.2 Å². The Hall–Kier alpha value is -3.21. The van der Waals surface area contributed by atoms with E-state index in [0.29, 0.717) is 44.3 Å². The van der Waals surface area contributed by atoms with Crippen molar-refractivity contribution in [2.24, 2.45) is 0 Å². The van der Waals surface area contributed by atoms with Crippen LogP contribution in [-0.4, -0.2) is 64.5 Å². The van der Waals surface area contributed by atoms with Crippen molar-refractivity contribution in [2.45, 2.75) is 52.1 Å². The van der Waals surface area contributed by atoms with E-state index >= 15 is 0 Å². The number of hydrogen-bond acceptors (Lipinski definition) is 9. The first kappa shape index (κ1) is 30.7.